The molecule has 0 fully saturated rings. The Labute approximate surface area is 188 Å². The van der Waals surface area contributed by atoms with Crippen molar-refractivity contribution in [2.24, 2.45) is 0 Å². The number of carbonyl (C=O) groups excluding carboxylic acids is 1. The van der Waals surface area contributed by atoms with Gasteiger partial charge in [-0.05, 0) is 29.7 Å². The summed E-state index contributed by atoms with van der Waals surface area (Å²) in [6.07, 6.45) is -2.95. The highest BCUT2D eigenvalue weighted by Crippen LogP contribution is 2.28. The molecule has 0 bridgehead atoms. The summed E-state index contributed by atoms with van der Waals surface area (Å²) in [6, 6.07) is 24.8. The molecule has 2 N–H and O–H groups in total. The maximum Gasteiger partial charge on any atom is 0.337 e. The van der Waals surface area contributed by atoms with Crippen LogP contribution in [-0.4, -0.2) is 35.0 Å². The van der Waals surface area contributed by atoms with E-state index in [4.69, 9.17) is 14.2 Å². The van der Waals surface area contributed by atoms with Gasteiger partial charge in [-0.1, -0.05) is 66.7 Å². The summed E-state index contributed by atoms with van der Waals surface area (Å²) in [4.78, 5) is 11.8. The Morgan fingerprint density at radius 1 is 0.844 bits per heavy atom. The van der Waals surface area contributed by atoms with Crippen molar-refractivity contribution in [3.8, 4) is 11.5 Å². The topological polar surface area (TPSA) is 85.2 Å². The second-order valence-corrected chi connectivity index (χ2v) is 7.29. The monoisotopic (exact) mass is 436 g/mol. The summed E-state index contributed by atoms with van der Waals surface area (Å²) >= 11 is 0. The van der Waals surface area contributed by atoms with E-state index in [9.17, 15) is 15.0 Å². The van der Waals surface area contributed by atoms with E-state index in [0.29, 0.717) is 30.3 Å². The molecule has 0 aliphatic carbocycles. The number of hydrogen-bond acceptors (Lipinski definition) is 6. The molecule has 0 amide bonds. The summed E-state index contributed by atoms with van der Waals surface area (Å²) < 4.78 is 16.7. The first kappa shape index (κ1) is 23.3. The van der Waals surface area contributed by atoms with Crippen molar-refractivity contribution in [2.45, 2.75) is 38.8 Å². The van der Waals surface area contributed by atoms with Gasteiger partial charge in [0.1, 0.15) is 24.7 Å². The minimum Gasteiger partial charge on any atom is -0.489 e. The molecular formula is C26H28O6. The zero-order valence-corrected chi connectivity index (χ0v) is 18.0. The van der Waals surface area contributed by atoms with Crippen molar-refractivity contribution in [3.05, 3.63) is 95.6 Å². The van der Waals surface area contributed by atoms with Crippen molar-refractivity contribution >= 4 is 5.97 Å². The zero-order valence-electron chi connectivity index (χ0n) is 18.0. The fourth-order valence-corrected chi connectivity index (χ4v) is 3.13. The van der Waals surface area contributed by atoms with E-state index in [1.165, 1.54) is 0 Å². The number of carbonyl (C=O) groups is 1. The largest absolute Gasteiger partial charge is 0.489 e. The van der Waals surface area contributed by atoms with Gasteiger partial charge in [-0.2, -0.15) is 0 Å². The molecule has 0 aliphatic heterocycles. The lowest BCUT2D eigenvalue weighted by atomic mass is 10.0. The molecule has 0 saturated heterocycles. The molecule has 0 aliphatic rings. The average Bonchev–Trinajstić information content (AvgIpc) is 2.83. The number of hydrogen-bond donors (Lipinski definition) is 2. The molecule has 0 spiro atoms. The molecule has 168 valence electrons. The number of benzene rings is 3. The molecule has 0 radical (unpaired) electrons. The second kappa shape index (κ2) is 11.9. The number of rotatable bonds is 11. The molecule has 6 nitrogen and oxygen atoms in total. The maximum absolute atomic E-state index is 11.8. The fourth-order valence-electron chi connectivity index (χ4n) is 3.13. The third-order valence-electron chi connectivity index (χ3n) is 4.85. The van der Waals surface area contributed by atoms with E-state index in [-0.39, 0.29) is 13.0 Å². The molecule has 2 atom stereocenters. The van der Waals surface area contributed by atoms with Gasteiger partial charge in [0.15, 0.2) is 6.10 Å². The maximum atomic E-state index is 11.8. The van der Waals surface area contributed by atoms with Gasteiger partial charge in [0.05, 0.1) is 12.7 Å². The van der Waals surface area contributed by atoms with Gasteiger partial charge >= 0.3 is 5.97 Å². The Bertz CT molecular complexity index is 974. The standard InChI is InChI=1S/C26H28O6/c1-2-30-26(29)25(28)23(27)15-21-13-14-22(31-17-19-9-5-3-6-10-19)16-24(21)32-18-20-11-7-4-8-12-20/h3-14,16,23,25,27-28H,2,15,17-18H2,1H3/t23-,25+/m0/s1. The van der Waals surface area contributed by atoms with Crippen LogP contribution in [0, 0.1) is 0 Å². The summed E-state index contributed by atoms with van der Waals surface area (Å²) in [7, 11) is 0. The van der Waals surface area contributed by atoms with Crippen LogP contribution in [0.4, 0.5) is 0 Å². The second-order valence-electron chi connectivity index (χ2n) is 7.29. The summed E-state index contributed by atoms with van der Waals surface area (Å²) in [5.41, 5.74) is 2.67. The Hall–Kier alpha value is -3.35. The minimum atomic E-state index is -1.63. The van der Waals surface area contributed by atoms with Gasteiger partial charge in [0, 0.05) is 12.5 Å². The molecule has 3 rings (SSSR count). The molecule has 0 unspecified atom stereocenters. The smallest absolute Gasteiger partial charge is 0.337 e. The lowest BCUT2D eigenvalue weighted by Crippen LogP contribution is -2.36. The fraction of sp³-hybridized carbons (Fsp3) is 0.269. The highest BCUT2D eigenvalue weighted by molar-refractivity contribution is 5.75. The quantitative estimate of drug-likeness (QED) is 0.446. The molecule has 6 heteroatoms. The molecule has 0 heterocycles. The van der Waals surface area contributed by atoms with Crippen LogP contribution in [0.1, 0.15) is 23.6 Å². The highest BCUT2D eigenvalue weighted by Gasteiger charge is 2.26. The number of ether oxygens (including phenoxy) is 3. The van der Waals surface area contributed by atoms with Crippen LogP contribution in [0.2, 0.25) is 0 Å². The predicted octanol–water partition coefficient (Wildman–Crippen LogP) is 3.67. The highest BCUT2D eigenvalue weighted by atomic mass is 16.5. The van der Waals surface area contributed by atoms with Crippen molar-refractivity contribution in [2.75, 3.05) is 6.61 Å². The Morgan fingerprint density at radius 2 is 1.44 bits per heavy atom. The Kier molecular flexibility index (Phi) is 8.66. The average molecular weight is 437 g/mol. The molecule has 32 heavy (non-hydrogen) atoms. The van der Waals surface area contributed by atoms with Gasteiger partial charge in [0.2, 0.25) is 0 Å². The third-order valence-corrected chi connectivity index (χ3v) is 4.85. The van der Waals surface area contributed by atoms with E-state index in [1.807, 2.05) is 60.7 Å². The van der Waals surface area contributed by atoms with E-state index < -0.39 is 18.2 Å². The van der Waals surface area contributed by atoms with Crippen molar-refractivity contribution in [1.29, 1.82) is 0 Å². The van der Waals surface area contributed by atoms with E-state index in [0.717, 1.165) is 11.1 Å². The lowest BCUT2D eigenvalue weighted by molar-refractivity contribution is -0.159. The predicted molar refractivity (Wildman–Crippen MR) is 120 cm³/mol. The first-order chi connectivity index (χ1) is 15.6. The number of aliphatic hydroxyl groups excluding tert-OH is 2. The Morgan fingerprint density at radius 3 is 2.03 bits per heavy atom. The minimum absolute atomic E-state index is 0.0169. The van der Waals surface area contributed by atoms with Crippen molar-refractivity contribution in [1.82, 2.24) is 0 Å². The first-order valence-corrected chi connectivity index (χ1v) is 10.6. The van der Waals surface area contributed by atoms with E-state index in [1.54, 1.807) is 25.1 Å². The van der Waals surface area contributed by atoms with Gasteiger partial charge in [-0.3, -0.25) is 0 Å². The van der Waals surface area contributed by atoms with Crippen LogP contribution in [0.5, 0.6) is 11.5 Å². The summed E-state index contributed by atoms with van der Waals surface area (Å²) in [5.74, 6) is 0.269. The molecular weight excluding hydrogens is 408 g/mol. The number of aliphatic hydroxyl groups is 2. The SMILES string of the molecule is CCOC(=O)[C@H](O)[C@@H](O)Cc1ccc(OCc2ccccc2)cc1OCc1ccccc1. The van der Waals surface area contributed by atoms with Crippen LogP contribution in [0.3, 0.4) is 0 Å². The van der Waals surface area contributed by atoms with Crippen LogP contribution in [0.15, 0.2) is 78.9 Å². The van der Waals surface area contributed by atoms with Crippen LogP contribution in [0.25, 0.3) is 0 Å². The molecule has 0 saturated carbocycles. The lowest BCUT2D eigenvalue weighted by Gasteiger charge is -2.19. The van der Waals surface area contributed by atoms with E-state index >= 15 is 0 Å². The normalized spacial score (nSPS) is 12.6. The first-order valence-electron chi connectivity index (χ1n) is 10.6. The van der Waals surface area contributed by atoms with Gasteiger partial charge in [-0.25, -0.2) is 4.79 Å². The summed E-state index contributed by atoms with van der Waals surface area (Å²) in [5, 5.41) is 20.4. The van der Waals surface area contributed by atoms with E-state index in [2.05, 4.69) is 0 Å². The van der Waals surface area contributed by atoms with Crippen LogP contribution in [-0.2, 0) is 29.2 Å². The van der Waals surface area contributed by atoms with Crippen LogP contribution >= 0.6 is 0 Å². The molecule has 3 aromatic carbocycles. The Balaban J connectivity index is 1.75. The van der Waals surface area contributed by atoms with Crippen molar-refractivity contribution in [3.63, 3.8) is 0 Å². The van der Waals surface area contributed by atoms with Gasteiger partial charge < -0.3 is 24.4 Å². The molecule has 3 aromatic rings. The summed E-state index contributed by atoms with van der Waals surface area (Å²) in [6.45, 7) is 2.50. The third kappa shape index (κ3) is 6.83. The molecule has 0 aromatic heterocycles. The zero-order chi connectivity index (χ0) is 22.8. The van der Waals surface area contributed by atoms with Crippen molar-refractivity contribution < 1.29 is 29.2 Å². The van der Waals surface area contributed by atoms with Crippen LogP contribution < -0.4 is 9.47 Å². The van der Waals surface area contributed by atoms with Gasteiger partial charge in [-0.15, -0.1) is 0 Å². The van der Waals surface area contributed by atoms with Gasteiger partial charge in [0.25, 0.3) is 0 Å². The number of esters is 1.